The zero-order valence-electron chi connectivity index (χ0n) is 11.1. The van der Waals surface area contributed by atoms with Crippen LogP contribution < -0.4 is 10.5 Å². The molecule has 1 aromatic carbocycles. The topological polar surface area (TPSA) is 53.1 Å². The van der Waals surface area contributed by atoms with Gasteiger partial charge in [0.05, 0.1) is 11.9 Å². The van der Waals surface area contributed by atoms with Crippen LogP contribution in [0.3, 0.4) is 0 Å². The first-order valence-corrected chi connectivity index (χ1v) is 6.03. The van der Waals surface area contributed by atoms with Crippen molar-refractivity contribution >= 4 is 0 Å². The lowest BCUT2D eigenvalue weighted by atomic mass is 10.2. The van der Waals surface area contributed by atoms with Gasteiger partial charge in [-0.15, -0.1) is 0 Å². The van der Waals surface area contributed by atoms with E-state index in [0.717, 1.165) is 17.3 Å². The number of rotatable bonds is 4. The van der Waals surface area contributed by atoms with Gasteiger partial charge in [0.25, 0.3) is 0 Å². The van der Waals surface area contributed by atoms with Crippen LogP contribution in [-0.2, 0) is 13.7 Å². The second-order valence-electron chi connectivity index (χ2n) is 4.55. The Kier molecular flexibility index (Phi) is 3.67. The van der Waals surface area contributed by atoms with Crippen LogP contribution >= 0.6 is 0 Å². The van der Waals surface area contributed by atoms with Crippen molar-refractivity contribution in [1.29, 1.82) is 0 Å². The summed E-state index contributed by atoms with van der Waals surface area (Å²) in [5.41, 5.74) is 8.08. The number of aromatic nitrogens is 2. The molecule has 96 valence electrons. The number of ether oxygens (including phenoxy) is 1. The molecule has 0 fully saturated rings. The average molecular weight is 245 g/mol. The molecule has 0 aliphatic carbocycles. The van der Waals surface area contributed by atoms with E-state index in [1.807, 2.05) is 42.8 Å². The minimum absolute atomic E-state index is 0.0179. The molecule has 1 heterocycles. The molecule has 0 aliphatic rings. The predicted molar refractivity (Wildman–Crippen MR) is 71.3 cm³/mol. The summed E-state index contributed by atoms with van der Waals surface area (Å²) in [6.45, 7) is 4.45. The van der Waals surface area contributed by atoms with Crippen molar-refractivity contribution in [2.75, 3.05) is 0 Å². The molecular formula is C14H19N3O. The first kappa shape index (κ1) is 12.6. The van der Waals surface area contributed by atoms with Crippen molar-refractivity contribution in [2.45, 2.75) is 26.5 Å². The minimum atomic E-state index is -0.0179. The van der Waals surface area contributed by atoms with Crippen LogP contribution in [-0.4, -0.2) is 9.55 Å². The number of nitrogens with two attached hydrogens (primary N) is 1. The third-order valence-corrected chi connectivity index (χ3v) is 2.98. The van der Waals surface area contributed by atoms with Gasteiger partial charge < -0.3 is 15.0 Å². The molecular weight excluding hydrogens is 226 g/mol. The average Bonchev–Trinajstić information content (AvgIpc) is 2.70. The third kappa shape index (κ3) is 2.71. The van der Waals surface area contributed by atoms with E-state index in [2.05, 4.69) is 11.9 Å². The maximum absolute atomic E-state index is 5.85. The first-order chi connectivity index (χ1) is 8.58. The van der Waals surface area contributed by atoms with Gasteiger partial charge in [-0.1, -0.05) is 17.7 Å². The fraction of sp³-hybridized carbons (Fsp3) is 0.357. The quantitative estimate of drug-likeness (QED) is 0.899. The molecule has 4 heteroatoms. The second kappa shape index (κ2) is 5.23. The normalized spacial score (nSPS) is 12.4. The summed E-state index contributed by atoms with van der Waals surface area (Å²) in [5, 5.41) is 0. The minimum Gasteiger partial charge on any atom is -0.486 e. The Morgan fingerprint density at radius 2 is 2.00 bits per heavy atom. The van der Waals surface area contributed by atoms with Gasteiger partial charge in [0, 0.05) is 13.1 Å². The lowest BCUT2D eigenvalue weighted by Gasteiger charge is -2.09. The van der Waals surface area contributed by atoms with Gasteiger partial charge in [-0.25, -0.2) is 4.98 Å². The van der Waals surface area contributed by atoms with E-state index in [4.69, 9.17) is 10.5 Å². The van der Waals surface area contributed by atoms with Gasteiger partial charge in [-0.3, -0.25) is 0 Å². The maximum Gasteiger partial charge on any atom is 0.146 e. The standard InChI is InChI=1S/C14H19N3O/c1-10-4-6-12(7-5-10)18-9-14-16-8-13(11(2)15)17(14)3/h4-8,11H,9,15H2,1-3H3. The number of aryl methyl sites for hydroxylation is 1. The zero-order chi connectivity index (χ0) is 13.1. The number of imidazole rings is 1. The van der Waals surface area contributed by atoms with Crippen LogP contribution in [0.25, 0.3) is 0 Å². The number of hydrogen-bond acceptors (Lipinski definition) is 3. The van der Waals surface area contributed by atoms with E-state index in [-0.39, 0.29) is 6.04 Å². The van der Waals surface area contributed by atoms with Crippen molar-refractivity contribution in [3.63, 3.8) is 0 Å². The fourth-order valence-electron chi connectivity index (χ4n) is 1.80. The van der Waals surface area contributed by atoms with E-state index in [1.54, 1.807) is 6.20 Å². The van der Waals surface area contributed by atoms with Crippen molar-refractivity contribution in [3.05, 3.63) is 47.5 Å². The van der Waals surface area contributed by atoms with Gasteiger partial charge in [0.2, 0.25) is 0 Å². The van der Waals surface area contributed by atoms with E-state index >= 15 is 0 Å². The summed E-state index contributed by atoms with van der Waals surface area (Å²) >= 11 is 0. The molecule has 0 aliphatic heterocycles. The number of benzene rings is 1. The Bertz CT molecular complexity index is 514. The predicted octanol–water partition coefficient (Wildman–Crippen LogP) is 2.33. The van der Waals surface area contributed by atoms with Crippen molar-refractivity contribution in [3.8, 4) is 5.75 Å². The highest BCUT2D eigenvalue weighted by molar-refractivity contribution is 5.26. The summed E-state index contributed by atoms with van der Waals surface area (Å²) in [4.78, 5) is 4.33. The lowest BCUT2D eigenvalue weighted by Crippen LogP contribution is -2.12. The van der Waals surface area contributed by atoms with Gasteiger partial charge in [-0.2, -0.15) is 0 Å². The summed E-state index contributed by atoms with van der Waals surface area (Å²) in [6, 6.07) is 7.97. The summed E-state index contributed by atoms with van der Waals surface area (Å²) < 4.78 is 7.68. The molecule has 0 bridgehead atoms. The smallest absolute Gasteiger partial charge is 0.146 e. The maximum atomic E-state index is 5.85. The zero-order valence-corrected chi connectivity index (χ0v) is 11.1. The van der Waals surface area contributed by atoms with Crippen LogP contribution in [0.2, 0.25) is 0 Å². The Morgan fingerprint density at radius 3 is 2.56 bits per heavy atom. The molecule has 0 amide bonds. The molecule has 1 atom stereocenters. The molecule has 0 saturated carbocycles. The number of hydrogen-bond donors (Lipinski definition) is 1. The fourth-order valence-corrected chi connectivity index (χ4v) is 1.80. The summed E-state index contributed by atoms with van der Waals surface area (Å²) in [5.74, 6) is 1.73. The van der Waals surface area contributed by atoms with Crippen molar-refractivity contribution in [1.82, 2.24) is 9.55 Å². The highest BCUT2D eigenvalue weighted by Crippen LogP contribution is 2.15. The van der Waals surface area contributed by atoms with Gasteiger partial charge in [0.1, 0.15) is 18.2 Å². The van der Waals surface area contributed by atoms with Gasteiger partial charge in [0.15, 0.2) is 0 Å². The van der Waals surface area contributed by atoms with Gasteiger partial charge in [-0.05, 0) is 26.0 Å². The molecule has 2 rings (SSSR count). The summed E-state index contributed by atoms with van der Waals surface area (Å²) in [7, 11) is 1.96. The van der Waals surface area contributed by atoms with Crippen LogP contribution in [0.5, 0.6) is 5.75 Å². The van der Waals surface area contributed by atoms with Gasteiger partial charge >= 0.3 is 0 Å². The van der Waals surface area contributed by atoms with E-state index < -0.39 is 0 Å². The first-order valence-electron chi connectivity index (χ1n) is 6.03. The summed E-state index contributed by atoms with van der Waals surface area (Å²) in [6.07, 6.45) is 1.80. The Balaban J connectivity index is 2.04. The molecule has 2 N–H and O–H groups in total. The van der Waals surface area contributed by atoms with E-state index in [9.17, 15) is 0 Å². The van der Waals surface area contributed by atoms with Crippen LogP contribution in [0.1, 0.15) is 30.0 Å². The van der Waals surface area contributed by atoms with E-state index in [0.29, 0.717) is 6.61 Å². The van der Waals surface area contributed by atoms with Crippen LogP contribution in [0, 0.1) is 6.92 Å². The largest absolute Gasteiger partial charge is 0.486 e. The molecule has 1 aromatic heterocycles. The lowest BCUT2D eigenvalue weighted by molar-refractivity contribution is 0.291. The van der Waals surface area contributed by atoms with E-state index in [1.165, 1.54) is 5.56 Å². The monoisotopic (exact) mass is 245 g/mol. The molecule has 0 radical (unpaired) electrons. The molecule has 1 unspecified atom stereocenters. The van der Waals surface area contributed by atoms with Crippen LogP contribution in [0.4, 0.5) is 0 Å². The Labute approximate surface area is 107 Å². The SMILES string of the molecule is Cc1ccc(OCc2ncc(C(C)N)n2C)cc1. The highest BCUT2D eigenvalue weighted by Gasteiger charge is 2.09. The third-order valence-electron chi connectivity index (χ3n) is 2.98. The molecule has 0 saturated heterocycles. The Hall–Kier alpha value is -1.81. The van der Waals surface area contributed by atoms with Crippen LogP contribution in [0.15, 0.2) is 30.5 Å². The highest BCUT2D eigenvalue weighted by atomic mass is 16.5. The molecule has 4 nitrogen and oxygen atoms in total. The number of nitrogens with zero attached hydrogens (tertiary/aromatic N) is 2. The Morgan fingerprint density at radius 1 is 1.33 bits per heavy atom. The molecule has 0 spiro atoms. The van der Waals surface area contributed by atoms with Crippen molar-refractivity contribution < 1.29 is 4.74 Å². The molecule has 2 aromatic rings. The van der Waals surface area contributed by atoms with Crippen molar-refractivity contribution in [2.24, 2.45) is 12.8 Å². The molecule has 18 heavy (non-hydrogen) atoms. The second-order valence-corrected chi connectivity index (χ2v) is 4.55.